The molecule has 7 aromatic carbocycles. The Morgan fingerprint density at radius 3 is 0.822 bits per heavy atom. The lowest BCUT2D eigenvalue weighted by atomic mass is 9.61. The second kappa shape index (κ2) is 12.1. The van der Waals surface area contributed by atoms with Crippen LogP contribution in [0.5, 0.6) is 5.75 Å². The van der Waals surface area contributed by atoms with E-state index in [9.17, 15) is 5.11 Å². The van der Waals surface area contributed by atoms with Crippen LogP contribution >= 0.6 is 0 Å². The molecule has 0 aliphatic rings. The van der Waals surface area contributed by atoms with Crippen molar-refractivity contribution in [1.29, 1.82) is 0 Å². The molecule has 0 saturated carbocycles. The Morgan fingerprint density at radius 1 is 0.267 bits per heavy atom. The molecule has 0 spiro atoms. The lowest BCUT2D eigenvalue weighted by Gasteiger charge is -2.40. The van der Waals surface area contributed by atoms with E-state index >= 15 is 0 Å². The number of hydrogen-bond donors (Lipinski definition) is 1. The van der Waals surface area contributed by atoms with Crippen molar-refractivity contribution in [2.75, 3.05) is 0 Å². The smallest absolute Gasteiger partial charge is 0.120 e. The van der Waals surface area contributed by atoms with Crippen molar-refractivity contribution in [1.82, 2.24) is 0 Å². The summed E-state index contributed by atoms with van der Waals surface area (Å²) in [6, 6.07) is 70.0. The minimum absolute atomic E-state index is 0.249. The number of benzene rings is 7. The standard InChI is InChI=1S/C44H34O/c45-42-32-31-40(43(34-19-7-1-8-20-34,35-21-9-2-10-22-35)36-23-11-3-12-24-36)33-41(42)44(37-25-13-4-14-26-37,38-27-15-5-16-28-38)39-29-17-6-18-30-39/h1-33,45H. The van der Waals surface area contributed by atoms with E-state index in [0.717, 1.165) is 44.5 Å². The minimum Gasteiger partial charge on any atom is -0.508 e. The average molecular weight is 579 g/mol. The van der Waals surface area contributed by atoms with E-state index in [-0.39, 0.29) is 5.75 Å². The molecule has 0 aliphatic heterocycles. The predicted octanol–water partition coefficient (Wildman–Crippen LogP) is 10.2. The summed E-state index contributed by atoms with van der Waals surface area (Å²) in [6.45, 7) is 0. The van der Waals surface area contributed by atoms with E-state index in [1.165, 1.54) is 0 Å². The molecule has 7 aromatic rings. The first-order valence-electron chi connectivity index (χ1n) is 15.4. The van der Waals surface area contributed by atoms with Crippen molar-refractivity contribution in [3.05, 3.63) is 245 Å². The van der Waals surface area contributed by atoms with Gasteiger partial charge >= 0.3 is 0 Å². The lowest BCUT2D eigenvalue weighted by molar-refractivity contribution is 0.459. The van der Waals surface area contributed by atoms with E-state index in [1.54, 1.807) is 0 Å². The Labute approximate surface area is 265 Å². The quantitative estimate of drug-likeness (QED) is 0.178. The summed E-state index contributed by atoms with van der Waals surface area (Å²) in [7, 11) is 0. The highest BCUT2D eigenvalue weighted by Crippen LogP contribution is 2.51. The van der Waals surface area contributed by atoms with Crippen molar-refractivity contribution in [3.63, 3.8) is 0 Å². The molecule has 0 aliphatic carbocycles. The van der Waals surface area contributed by atoms with Crippen LogP contribution in [-0.4, -0.2) is 5.11 Å². The Morgan fingerprint density at radius 2 is 0.533 bits per heavy atom. The highest BCUT2D eigenvalue weighted by Gasteiger charge is 2.43. The fourth-order valence-electron chi connectivity index (χ4n) is 7.17. The molecule has 0 aromatic heterocycles. The third-order valence-corrected chi connectivity index (χ3v) is 9.07. The van der Waals surface area contributed by atoms with Gasteiger partial charge in [-0.2, -0.15) is 0 Å². The van der Waals surface area contributed by atoms with Crippen LogP contribution < -0.4 is 0 Å². The SMILES string of the molecule is Oc1ccc(C(c2ccccc2)(c2ccccc2)c2ccccc2)cc1C(c1ccccc1)(c1ccccc1)c1ccccc1. The topological polar surface area (TPSA) is 20.2 Å². The maximum Gasteiger partial charge on any atom is 0.120 e. The third kappa shape index (κ3) is 4.74. The van der Waals surface area contributed by atoms with Gasteiger partial charge in [-0.3, -0.25) is 0 Å². The molecule has 0 fully saturated rings. The highest BCUT2D eigenvalue weighted by molar-refractivity contribution is 5.67. The summed E-state index contributed by atoms with van der Waals surface area (Å²) in [5.74, 6) is 0.249. The first kappa shape index (κ1) is 28.1. The molecule has 0 atom stereocenters. The highest BCUT2D eigenvalue weighted by atomic mass is 16.3. The predicted molar refractivity (Wildman–Crippen MR) is 185 cm³/mol. The third-order valence-electron chi connectivity index (χ3n) is 9.07. The van der Waals surface area contributed by atoms with Gasteiger partial charge in [0.15, 0.2) is 0 Å². The number of aromatic hydroxyl groups is 1. The van der Waals surface area contributed by atoms with Crippen LogP contribution in [0.15, 0.2) is 200 Å². The zero-order chi connectivity index (χ0) is 30.5. The summed E-state index contributed by atoms with van der Waals surface area (Å²) in [5, 5.41) is 12.0. The van der Waals surface area contributed by atoms with Gasteiger partial charge in [0.05, 0.1) is 10.8 Å². The van der Waals surface area contributed by atoms with Crippen LogP contribution in [0.3, 0.4) is 0 Å². The molecular formula is C44H34O. The first-order chi connectivity index (χ1) is 22.3. The number of hydrogen-bond acceptors (Lipinski definition) is 1. The molecule has 216 valence electrons. The van der Waals surface area contributed by atoms with Crippen molar-refractivity contribution in [2.24, 2.45) is 0 Å². The van der Waals surface area contributed by atoms with E-state index in [0.29, 0.717) is 0 Å². The van der Waals surface area contributed by atoms with Crippen LogP contribution in [0.4, 0.5) is 0 Å². The van der Waals surface area contributed by atoms with Gasteiger partial charge in [0, 0.05) is 5.56 Å². The molecule has 1 N–H and O–H groups in total. The Balaban J connectivity index is 1.64. The number of phenolic OH excluding ortho intramolecular Hbond substituents is 1. The minimum atomic E-state index is -0.792. The van der Waals surface area contributed by atoms with E-state index in [4.69, 9.17) is 0 Å². The molecule has 45 heavy (non-hydrogen) atoms. The lowest BCUT2D eigenvalue weighted by Crippen LogP contribution is -2.34. The van der Waals surface area contributed by atoms with Crippen LogP contribution in [0.1, 0.15) is 44.5 Å². The van der Waals surface area contributed by atoms with E-state index in [2.05, 4.69) is 176 Å². The van der Waals surface area contributed by atoms with Gasteiger partial charge in [0.1, 0.15) is 5.75 Å². The van der Waals surface area contributed by atoms with Gasteiger partial charge in [0.25, 0.3) is 0 Å². The molecule has 0 heterocycles. The molecular weight excluding hydrogens is 544 g/mol. The first-order valence-corrected chi connectivity index (χ1v) is 15.4. The normalized spacial score (nSPS) is 11.6. The summed E-state index contributed by atoms with van der Waals surface area (Å²) in [5.41, 5.74) is 7.18. The zero-order valence-electron chi connectivity index (χ0n) is 25.0. The molecule has 1 heteroatoms. The van der Waals surface area contributed by atoms with Gasteiger partial charge in [-0.1, -0.05) is 188 Å². The maximum atomic E-state index is 12.0. The van der Waals surface area contributed by atoms with Crippen molar-refractivity contribution in [3.8, 4) is 5.75 Å². The van der Waals surface area contributed by atoms with Crippen molar-refractivity contribution < 1.29 is 5.11 Å². The summed E-state index contributed by atoms with van der Waals surface area (Å²) in [4.78, 5) is 0. The second-order valence-corrected chi connectivity index (χ2v) is 11.4. The summed E-state index contributed by atoms with van der Waals surface area (Å²) in [6.07, 6.45) is 0. The van der Waals surface area contributed by atoms with E-state index in [1.807, 2.05) is 24.3 Å². The Bertz CT molecular complexity index is 1780. The van der Waals surface area contributed by atoms with Crippen LogP contribution in [0.25, 0.3) is 0 Å². The molecule has 0 bridgehead atoms. The molecule has 0 radical (unpaired) electrons. The Hall–Kier alpha value is -5.66. The average Bonchev–Trinajstić information content (AvgIpc) is 3.13. The van der Waals surface area contributed by atoms with Crippen LogP contribution in [0, 0.1) is 0 Å². The molecule has 0 unspecified atom stereocenters. The summed E-state index contributed by atoms with van der Waals surface area (Å²) < 4.78 is 0. The fraction of sp³-hybridized carbons (Fsp3) is 0.0455. The Kier molecular flexibility index (Phi) is 7.59. The largest absolute Gasteiger partial charge is 0.508 e. The van der Waals surface area contributed by atoms with Gasteiger partial charge in [0.2, 0.25) is 0 Å². The molecule has 1 nitrogen and oxygen atoms in total. The van der Waals surface area contributed by atoms with Crippen LogP contribution in [-0.2, 0) is 10.8 Å². The summed E-state index contributed by atoms with van der Waals surface area (Å²) >= 11 is 0. The van der Waals surface area contributed by atoms with E-state index < -0.39 is 10.8 Å². The van der Waals surface area contributed by atoms with Gasteiger partial charge < -0.3 is 5.11 Å². The molecule has 0 saturated heterocycles. The molecule has 0 amide bonds. The fourth-order valence-corrected chi connectivity index (χ4v) is 7.17. The second-order valence-electron chi connectivity index (χ2n) is 11.4. The monoisotopic (exact) mass is 578 g/mol. The van der Waals surface area contributed by atoms with Crippen molar-refractivity contribution in [2.45, 2.75) is 10.8 Å². The van der Waals surface area contributed by atoms with Crippen molar-refractivity contribution >= 4 is 0 Å². The maximum absolute atomic E-state index is 12.0. The van der Waals surface area contributed by atoms with Gasteiger partial charge in [-0.05, 0) is 51.1 Å². The number of phenols is 1. The zero-order valence-corrected chi connectivity index (χ0v) is 25.0. The van der Waals surface area contributed by atoms with Gasteiger partial charge in [-0.25, -0.2) is 0 Å². The van der Waals surface area contributed by atoms with Gasteiger partial charge in [-0.15, -0.1) is 0 Å². The van der Waals surface area contributed by atoms with Crippen LogP contribution in [0.2, 0.25) is 0 Å². The molecule has 7 rings (SSSR count). The number of rotatable bonds is 8.